The van der Waals surface area contributed by atoms with Crippen LogP contribution in [0.3, 0.4) is 0 Å². The number of methoxy groups -OCH3 is 1. The Morgan fingerprint density at radius 3 is 2.63 bits per heavy atom. The van der Waals surface area contributed by atoms with Gasteiger partial charge in [0, 0.05) is 24.4 Å². The number of hydrogen-bond donors (Lipinski definition) is 2. The van der Waals surface area contributed by atoms with Crippen molar-refractivity contribution >= 4 is 23.4 Å². The van der Waals surface area contributed by atoms with E-state index in [9.17, 15) is 14.4 Å². The van der Waals surface area contributed by atoms with Crippen molar-refractivity contribution in [3.63, 3.8) is 0 Å². The van der Waals surface area contributed by atoms with Crippen LogP contribution in [0.1, 0.15) is 42.5 Å². The Kier molecular flexibility index (Phi) is 4.63. The number of Topliss-reactive ketones (excluding diaryl/α,β-unsaturated/α-hetero) is 1. The molecule has 3 fully saturated rings. The molecule has 0 unspecified atom stereocenters. The molecule has 1 spiro atoms. The summed E-state index contributed by atoms with van der Waals surface area (Å²) < 4.78 is 5.37. The molecule has 0 radical (unpaired) electrons. The second-order valence-electron chi connectivity index (χ2n) is 7.86. The zero-order valence-corrected chi connectivity index (χ0v) is 15.5. The molecule has 0 aromatic heterocycles. The van der Waals surface area contributed by atoms with E-state index in [0.29, 0.717) is 22.4 Å². The molecule has 4 rings (SSSR count). The van der Waals surface area contributed by atoms with Crippen LogP contribution < -0.4 is 20.3 Å². The van der Waals surface area contributed by atoms with Crippen LogP contribution in [0.2, 0.25) is 0 Å². The zero-order valence-electron chi connectivity index (χ0n) is 15.5. The van der Waals surface area contributed by atoms with Gasteiger partial charge in [0.15, 0.2) is 5.78 Å². The normalized spacial score (nSPS) is 22.3. The van der Waals surface area contributed by atoms with Crippen molar-refractivity contribution in [2.24, 2.45) is 11.3 Å². The summed E-state index contributed by atoms with van der Waals surface area (Å²) in [5, 5.41) is 5.69. The number of carbonyl (C=O) groups excluding carboxylic acids is 3. The smallest absolute Gasteiger partial charge is 0.328 e. The molecule has 2 aliphatic heterocycles. The van der Waals surface area contributed by atoms with Crippen LogP contribution in [0, 0.1) is 11.3 Å². The van der Waals surface area contributed by atoms with Gasteiger partial charge in [0.2, 0.25) is 5.91 Å². The van der Waals surface area contributed by atoms with Gasteiger partial charge < -0.3 is 10.1 Å². The van der Waals surface area contributed by atoms with E-state index in [2.05, 4.69) is 10.6 Å². The lowest BCUT2D eigenvalue weighted by Gasteiger charge is -2.49. The van der Waals surface area contributed by atoms with Gasteiger partial charge in [-0.05, 0) is 62.4 Å². The van der Waals surface area contributed by atoms with Gasteiger partial charge in [-0.25, -0.2) is 4.79 Å². The van der Waals surface area contributed by atoms with Gasteiger partial charge in [-0.1, -0.05) is 0 Å². The number of nitrogens with zero attached hydrogens (tertiary/aromatic N) is 1. The van der Waals surface area contributed by atoms with E-state index in [1.165, 1.54) is 12.0 Å². The molecule has 2 heterocycles. The fraction of sp³-hybridized carbons (Fsp3) is 0.550. The highest BCUT2D eigenvalue weighted by Gasteiger charge is 2.47. The summed E-state index contributed by atoms with van der Waals surface area (Å²) in [5.41, 5.74) is 1.47. The Labute approximate surface area is 158 Å². The molecule has 1 aromatic rings. The molecule has 144 valence electrons. The summed E-state index contributed by atoms with van der Waals surface area (Å²) in [7, 11) is 1.53. The molecule has 0 bridgehead atoms. The molecular weight excluding hydrogens is 346 g/mol. The molecule has 1 aliphatic carbocycles. The van der Waals surface area contributed by atoms with Crippen LogP contribution in [0.15, 0.2) is 18.2 Å². The summed E-state index contributed by atoms with van der Waals surface area (Å²) in [6, 6.07) is 4.74. The van der Waals surface area contributed by atoms with Crippen molar-refractivity contribution in [3.8, 4) is 5.75 Å². The molecule has 0 atom stereocenters. The number of ketones is 1. The molecule has 2 saturated heterocycles. The van der Waals surface area contributed by atoms with E-state index in [1.54, 1.807) is 18.2 Å². The van der Waals surface area contributed by atoms with Crippen molar-refractivity contribution in [1.82, 2.24) is 10.6 Å². The van der Waals surface area contributed by atoms with Crippen LogP contribution in [-0.2, 0) is 4.79 Å². The van der Waals surface area contributed by atoms with E-state index in [1.807, 2.05) is 0 Å². The minimum atomic E-state index is -0.480. The van der Waals surface area contributed by atoms with Crippen LogP contribution in [0.5, 0.6) is 5.75 Å². The molecule has 1 saturated carbocycles. The van der Waals surface area contributed by atoms with E-state index >= 15 is 0 Å². The third-order valence-electron chi connectivity index (χ3n) is 6.20. The second-order valence-corrected chi connectivity index (χ2v) is 7.86. The molecule has 2 N–H and O–H groups in total. The van der Waals surface area contributed by atoms with Gasteiger partial charge >= 0.3 is 6.03 Å². The number of anilines is 1. The highest BCUT2D eigenvalue weighted by Crippen LogP contribution is 2.52. The van der Waals surface area contributed by atoms with Gasteiger partial charge in [-0.15, -0.1) is 0 Å². The quantitative estimate of drug-likeness (QED) is 0.792. The first-order valence-electron chi connectivity index (χ1n) is 9.56. The summed E-state index contributed by atoms with van der Waals surface area (Å²) in [4.78, 5) is 38.1. The maximum atomic E-state index is 13.0. The highest BCUT2D eigenvalue weighted by molar-refractivity contribution is 6.07. The Hall–Kier alpha value is -2.41. The van der Waals surface area contributed by atoms with Crippen molar-refractivity contribution < 1.29 is 19.1 Å². The predicted octanol–water partition coefficient (Wildman–Crippen LogP) is 2.10. The fourth-order valence-corrected chi connectivity index (χ4v) is 4.62. The number of amides is 3. The summed E-state index contributed by atoms with van der Waals surface area (Å²) in [5.74, 6) is 0.418. The Morgan fingerprint density at radius 2 is 1.96 bits per heavy atom. The minimum absolute atomic E-state index is 0.0566. The Morgan fingerprint density at radius 1 is 1.22 bits per heavy atom. The number of imide groups is 1. The number of urea groups is 1. The van der Waals surface area contributed by atoms with E-state index in [4.69, 9.17) is 4.74 Å². The van der Waals surface area contributed by atoms with E-state index < -0.39 is 6.03 Å². The third kappa shape index (κ3) is 3.32. The first kappa shape index (κ1) is 18.0. The van der Waals surface area contributed by atoms with Crippen molar-refractivity contribution in [2.45, 2.75) is 32.1 Å². The van der Waals surface area contributed by atoms with Gasteiger partial charge in [0.25, 0.3) is 0 Å². The van der Waals surface area contributed by atoms with Crippen LogP contribution in [0.4, 0.5) is 10.5 Å². The Balaban J connectivity index is 1.53. The minimum Gasteiger partial charge on any atom is -0.495 e. The first-order valence-corrected chi connectivity index (χ1v) is 9.56. The highest BCUT2D eigenvalue weighted by atomic mass is 16.5. The number of hydrogen-bond acceptors (Lipinski definition) is 5. The molecular formula is C20H25N3O4. The summed E-state index contributed by atoms with van der Waals surface area (Å²) in [6.45, 7) is 2.35. The standard InChI is InChI=1S/C20H25N3O4/c1-27-16-3-2-13(10-15(16)23-9-4-17(24)22-19(23)26)18(25)14-11-20(12-14)5-7-21-8-6-20/h2-3,10,14,21H,4-9,11-12H2,1H3,(H,22,24,26). The molecule has 7 nitrogen and oxygen atoms in total. The second kappa shape index (κ2) is 6.96. The average molecular weight is 371 g/mol. The first-order chi connectivity index (χ1) is 13.0. The lowest BCUT2D eigenvalue weighted by Crippen LogP contribution is -2.49. The maximum absolute atomic E-state index is 13.0. The van der Waals surface area contributed by atoms with Crippen LogP contribution in [-0.4, -0.2) is 44.5 Å². The summed E-state index contributed by atoms with van der Waals surface area (Å²) >= 11 is 0. The number of carbonyl (C=O) groups is 3. The van der Waals surface area contributed by atoms with Gasteiger partial charge in [0.1, 0.15) is 5.75 Å². The number of piperidine rings is 1. The SMILES string of the molecule is COc1ccc(C(=O)C2CC3(CCNCC3)C2)cc1N1CCC(=O)NC1=O. The summed E-state index contributed by atoms with van der Waals surface area (Å²) in [6.07, 6.45) is 4.42. The van der Waals surface area contributed by atoms with Crippen molar-refractivity contribution in [2.75, 3.05) is 31.6 Å². The lowest BCUT2D eigenvalue weighted by atomic mass is 9.56. The topological polar surface area (TPSA) is 87.7 Å². The molecule has 7 heteroatoms. The predicted molar refractivity (Wildman–Crippen MR) is 100 cm³/mol. The molecule has 27 heavy (non-hydrogen) atoms. The monoisotopic (exact) mass is 371 g/mol. The number of rotatable bonds is 4. The molecule has 3 aliphatic rings. The zero-order chi connectivity index (χ0) is 19.0. The number of nitrogens with one attached hydrogen (secondary N) is 2. The van der Waals surface area contributed by atoms with Crippen LogP contribution in [0.25, 0.3) is 0 Å². The van der Waals surface area contributed by atoms with Crippen molar-refractivity contribution in [1.29, 1.82) is 0 Å². The Bertz CT molecular complexity index is 777. The molecule has 1 aromatic carbocycles. The molecule has 3 amide bonds. The third-order valence-corrected chi connectivity index (χ3v) is 6.20. The van der Waals surface area contributed by atoms with Crippen molar-refractivity contribution in [3.05, 3.63) is 23.8 Å². The van der Waals surface area contributed by atoms with Gasteiger partial charge in [-0.2, -0.15) is 0 Å². The number of benzene rings is 1. The van der Waals surface area contributed by atoms with Gasteiger partial charge in [0.05, 0.1) is 12.8 Å². The van der Waals surface area contributed by atoms with Crippen LogP contribution >= 0.6 is 0 Å². The lowest BCUT2D eigenvalue weighted by molar-refractivity contribution is -0.120. The largest absolute Gasteiger partial charge is 0.495 e. The number of ether oxygens (including phenoxy) is 1. The van der Waals surface area contributed by atoms with E-state index in [-0.39, 0.29) is 30.6 Å². The van der Waals surface area contributed by atoms with Gasteiger partial charge in [-0.3, -0.25) is 19.8 Å². The fourth-order valence-electron chi connectivity index (χ4n) is 4.62. The van der Waals surface area contributed by atoms with E-state index in [0.717, 1.165) is 38.8 Å². The average Bonchev–Trinajstić information content (AvgIpc) is 2.66. The maximum Gasteiger partial charge on any atom is 0.328 e.